The van der Waals surface area contributed by atoms with E-state index in [-0.39, 0.29) is 0 Å². The minimum atomic E-state index is -0.395. The normalized spacial score (nSPS) is 11.6. The molecule has 0 amide bonds. The number of nitrogens with one attached hydrogen (secondary N) is 2. The molecular formula is C16H16N6O2S2. The van der Waals surface area contributed by atoms with E-state index < -0.39 is 6.10 Å². The van der Waals surface area contributed by atoms with Gasteiger partial charge in [0.05, 0.1) is 28.3 Å². The Bertz CT molecular complexity index is 930. The molecule has 0 saturated carbocycles. The van der Waals surface area contributed by atoms with Crippen molar-refractivity contribution in [3.8, 4) is 21.1 Å². The van der Waals surface area contributed by atoms with Crippen molar-refractivity contribution in [2.75, 3.05) is 0 Å². The SMILES string of the molecule is CCC(O)c1cnc(-c2cn[nH]c2)s1.O=Cc1cnc(-c2cn[nH]c2)s1. The van der Waals surface area contributed by atoms with Crippen LogP contribution in [0.25, 0.3) is 21.1 Å². The van der Waals surface area contributed by atoms with Crippen molar-refractivity contribution in [1.82, 2.24) is 30.4 Å². The zero-order chi connectivity index (χ0) is 18.4. The molecule has 8 nitrogen and oxygen atoms in total. The molecule has 4 aromatic heterocycles. The molecule has 1 atom stereocenters. The lowest BCUT2D eigenvalue weighted by Gasteiger charge is -2.00. The fourth-order valence-corrected chi connectivity index (χ4v) is 3.66. The maximum atomic E-state index is 10.3. The van der Waals surface area contributed by atoms with Gasteiger partial charge in [0.15, 0.2) is 6.29 Å². The van der Waals surface area contributed by atoms with Gasteiger partial charge in [0.2, 0.25) is 0 Å². The molecule has 0 spiro atoms. The van der Waals surface area contributed by atoms with Gasteiger partial charge in [0.25, 0.3) is 0 Å². The average molecular weight is 388 g/mol. The molecule has 0 saturated heterocycles. The van der Waals surface area contributed by atoms with Crippen molar-refractivity contribution >= 4 is 29.0 Å². The summed E-state index contributed by atoms with van der Waals surface area (Å²) in [6, 6.07) is 0. The Morgan fingerprint density at radius 3 is 2.15 bits per heavy atom. The Labute approximate surface area is 157 Å². The summed E-state index contributed by atoms with van der Waals surface area (Å²) in [5, 5.41) is 24.3. The Morgan fingerprint density at radius 2 is 1.65 bits per heavy atom. The van der Waals surface area contributed by atoms with E-state index in [9.17, 15) is 9.90 Å². The Balaban J connectivity index is 0.000000152. The summed E-state index contributed by atoms with van der Waals surface area (Å²) >= 11 is 2.85. The van der Waals surface area contributed by atoms with Crippen LogP contribution in [0, 0.1) is 0 Å². The third-order valence-electron chi connectivity index (χ3n) is 3.37. The summed E-state index contributed by atoms with van der Waals surface area (Å²) in [4.78, 5) is 20.2. The Morgan fingerprint density at radius 1 is 1.04 bits per heavy atom. The van der Waals surface area contributed by atoms with Crippen LogP contribution in [0.1, 0.15) is 34.0 Å². The highest BCUT2D eigenvalue weighted by Crippen LogP contribution is 2.29. The lowest BCUT2D eigenvalue weighted by atomic mass is 10.2. The van der Waals surface area contributed by atoms with Gasteiger partial charge in [0, 0.05) is 35.9 Å². The van der Waals surface area contributed by atoms with Gasteiger partial charge < -0.3 is 5.11 Å². The molecule has 0 radical (unpaired) electrons. The summed E-state index contributed by atoms with van der Waals surface area (Å²) in [6.07, 6.45) is 11.3. The standard InChI is InChI=1S/C9H11N3OS.C7H5N3OS/c1-2-7(13)8-5-10-9(14-8)6-3-11-12-4-6;11-4-6-3-8-7(12-6)5-1-9-10-2-5/h3-5,7,13H,2H2,1H3,(H,11,12);1-4H,(H,9,10). The summed E-state index contributed by atoms with van der Waals surface area (Å²) < 4.78 is 0. The van der Waals surface area contributed by atoms with Gasteiger partial charge in [-0.05, 0) is 6.42 Å². The minimum absolute atomic E-state index is 0.395. The van der Waals surface area contributed by atoms with Crippen LogP contribution in [0.2, 0.25) is 0 Å². The zero-order valence-corrected chi connectivity index (χ0v) is 15.4. The van der Waals surface area contributed by atoms with Gasteiger partial charge >= 0.3 is 0 Å². The number of aldehydes is 1. The highest BCUT2D eigenvalue weighted by atomic mass is 32.1. The second-order valence-corrected chi connectivity index (χ2v) is 7.28. The van der Waals surface area contributed by atoms with Crippen LogP contribution >= 0.6 is 22.7 Å². The minimum Gasteiger partial charge on any atom is -0.388 e. The first kappa shape index (κ1) is 18.1. The highest BCUT2D eigenvalue weighted by molar-refractivity contribution is 7.16. The van der Waals surface area contributed by atoms with E-state index in [2.05, 4.69) is 30.4 Å². The zero-order valence-electron chi connectivity index (χ0n) is 13.8. The van der Waals surface area contributed by atoms with Crippen LogP contribution < -0.4 is 0 Å². The lowest BCUT2D eigenvalue weighted by Crippen LogP contribution is -1.89. The number of hydrogen-bond donors (Lipinski definition) is 3. The number of hydrogen-bond acceptors (Lipinski definition) is 8. The highest BCUT2D eigenvalue weighted by Gasteiger charge is 2.11. The smallest absolute Gasteiger partial charge is 0.161 e. The number of aliphatic hydroxyl groups excluding tert-OH is 1. The molecule has 3 N–H and O–H groups in total. The van der Waals surface area contributed by atoms with Crippen molar-refractivity contribution in [1.29, 1.82) is 0 Å². The summed E-state index contributed by atoms with van der Waals surface area (Å²) in [5.41, 5.74) is 1.87. The molecule has 0 bridgehead atoms. The van der Waals surface area contributed by atoms with Crippen molar-refractivity contribution in [2.45, 2.75) is 19.4 Å². The van der Waals surface area contributed by atoms with Gasteiger partial charge in [-0.1, -0.05) is 6.92 Å². The molecule has 0 aromatic carbocycles. The maximum Gasteiger partial charge on any atom is 0.161 e. The predicted octanol–water partition coefficient (Wildman–Crippen LogP) is 3.32. The van der Waals surface area contributed by atoms with Crippen LogP contribution in [-0.2, 0) is 0 Å². The fourth-order valence-electron chi connectivity index (χ4n) is 1.99. The first-order chi connectivity index (χ1) is 12.7. The van der Waals surface area contributed by atoms with Crippen LogP contribution in [0.3, 0.4) is 0 Å². The number of aromatic nitrogens is 6. The van der Waals surface area contributed by atoms with Gasteiger partial charge in [-0.25, -0.2) is 9.97 Å². The largest absolute Gasteiger partial charge is 0.388 e. The molecule has 4 aromatic rings. The molecule has 4 rings (SSSR count). The third kappa shape index (κ3) is 4.28. The van der Waals surface area contributed by atoms with E-state index >= 15 is 0 Å². The van der Waals surface area contributed by atoms with Crippen LogP contribution in [-0.4, -0.2) is 41.8 Å². The molecule has 10 heteroatoms. The number of aromatic amines is 2. The number of thiazole rings is 2. The number of carbonyl (C=O) groups excluding carboxylic acids is 1. The molecule has 0 aliphatic carbocycles. The quantitative estimate of drug-likeness (QED) is 0.451. The van der Waals surface area contributed by atoms with Crippen molar-refractivity contribution in [2.24, 2.45) is 0 Å². The molecule has 26 heavy (non-hydrogen) atoms. The number of nitrogens with zero attached hydrogens (tertiary/aromatic N) is 4. The predicted molar refractivity (Wildman–Crippen MR) is 100 cm³/mol. The van der Waals surface area contributed by atoms with Gasteiger partial charge in [0.1, 0.15) is 10.0 Å². The van der Waals surface area contributed by atoms with Crippen molar-refractivity contribution in [3.63, 3.8) is 0 Å². The lowest BCUT2D eigenvalue weighted by molar-refractivity contribution is 0.112. The van der Waals surface area contributed by atoms with E-state index in [0.29, 0.717) is 11.3 Å². The molecule has 4 heterocycles. The first-order valence-electron chi connectivity index (χ1n) is 7.74. The van der Waals surface area contributed by atoms with E-state index in [1.54, 1.807) is 37.2 Å². The Hall–Kier alpha value is -2.69. The monoisotopic (exact) mass is 388 g/mol. The summed E-state index contributed by atoms with van der Waals surface area (Å²) in [7, 11) is 0. The molecule has 0 fully saturated rings. The summed E-state index contributed by atoms with van der Waals surface area (Å²) in [5.74, 6) is 0. The average Bonchev–Trinajstić information content (AvgIpc) is 3.46. The van der Waals surface area contributed by atoms with Gasteiger partial charge in [-0.3, -0.25) is 15.0 Å². The fraction of sp³-hybridized carbons (Fsp3) is 0.188. The molecular weight excluding hydrogens is 372 g/mol. The van der Waals surface area contributed by atoms with E-state index in [0.717, 1.165) is 32.3 Å². The van der Waals surface area contributed by atoms with E-state index in [1.165, 1.54) is 22.7 Å². The van der Waals surface area contributed by atoms with Crippen molar-refractivity contribution in [3.05, 3.63) is 46.9 Å². The van der Waals surface area contributed by atoms with Gasteiger partial charge in [-0.2, -0.15) is 10.2 Å². The second kappa shape index (κ2) is 8.61. The molecule has 134 valence electrons. The Kier molecular flexibility index (Phi) is 6.00. The first-order valence-corrected chi connectivity index (χ1v) is 9.37. The van der Waals surface area contributed by atoms with Gasteiger partial charge in [-0.15, -0.1) is 22.7 Å². The van der Waals surface area contributed by atoms with E-state index in [1.807, 2.05) is 6.92 Å². The molecule has 0 aliphatic heterocycles. The maximum absolute atomic E-state index is 10.3. The van der Waals surface area contributed by atoms with Crippen molar-refractivity contribution < 1.29 is 9.90 Å². The molecule has 1 unspecified atom stereocenters. The summed E-state index contributed by atoms with van der Waals surface area (Å²) in [6.45, 7) is 1.95. The van der Waals surface area contributed by atoms with Crippen LogP contribution in [0.5, 0.6) is 0 Å². The second-order valence-electron chi connectivity index (χ2n) is 5.15. The topological polar surface area (TPSA) is 120 Å². The number of H-pyrrole nitrogens is 2. The number of aliphatic hydroxyl groups is 1. The van der Waals surface area contributed by atoms with E-state index in [4.69, 9.17) is 0 Å². The van der Waals surface area contributed by atoms with Crippen LogP contribution in [0.15, 0.2) is 37.2 Å². The number of rotatable bonds is 5. The van der Waals surface area contributed by atoms with Crippen LogP contribution in [0.4, 0.5) is 0 Å². The third-order valence-corrected chi connectivity index (χ3v) is 5.49. The number of carbonyl (C=O) groups is 1. The molecule has 0 aliphatic rings.